The molecule has 2 aromatic heterocycles. The SMILES string of the molecule is CCCS(=O)(=O)Nc1ccc(F)c(C(=O)Nc2cnc3[nH]c(C)cc3c2)c1F. The molecule has 0 spiro atoms. The highest BCUT2D eigenvalue weighted by atomic mass is 32.2. The Hall–Kier alpha value is -3.01. The van der Waals surface area contributed by atoms with Crippen molar-refractivity contribution in [1.29, 1.82) is 0 Å². The summed E-state index contributed by atoms with van der Waals surface area (Å²) in [6.45, 7) is 3.49. The predicted molar refractivity (Wildman–Crippen MR) is 103 cm³/mol. The molecule has 10 heteroatoms. The van der Waals surface area contributed by atoms with Gasteiger partial charge in [-0.25, -0.2) is 22.2 Å². The second-order valence-corrected chi connectivity index (χ2v) is 8.12. The molecule has 1 aromatic carbocycles. The molecule has 0 bridgehead atoms. The normalized spacial score (nSPS) is 11.6. The third kappa shape index (κ3) is 4.11. The summed E-state index contributed by atoms with van der Waals surface area (Å²) >= 11 is 0. The van der Waals surface area contributed by atoms with Crippen LogP contribution in [-0.2, 0) is 10.0 Å². The zero-order chi connectivity index (χ0) is 20.5. The third-order valence-electron chi connectivity index (χ3n) is 3.92. The zero-order valence-electron chi connectivity index (χ0n) is 15.1. The van der Waals surface area contributed by atoms with Gasteiger partial charge in [0.15, 0.2) is 5.82 Å². The zero-order valence-corrected chi connectivity index (χ0v) is 16.0. The van der Waals surface area contributed by atoms with E-state index in [1.165, 1.54) is 6.20 Å². The molecule has 0 atom stereocenters. The number of carbonyl (C=O) groups is 1. The van der Waals surface area contributed by atoms with Crippen molar-refractivity contribution in [2.75, 3.05) is 15.8 Å². The fourth-order valence-corrected chi connectivity index (χ4v) is 3.87. The fourth-order valence-electron chi connectivity index (χ4n) is 2.74. The number of carbonyl (C=O) groups excluding carboxylic acids is 1. The maximum atomic E-state index is 14.7. The molecular weight excluding hydrogens is 390 g/mol. The smallest absolute Gasteiger partial charge is 0.261 e. The van der Waals surface area contributed by atoms with Gasteiger partial charge in [0, 0.05) is 11.1 Å². The van der Waals surface area contributed by atoms with E-state index >= 15 is 0 Å². The number of hydrogen-bond donors (Lipinski definition) is 3. The number of benzene rings is 1. The van der Waals surface area contributed by atoms with Gasteiger partial charge in [0.25, 0.3) is 5.91 Å². The van der Waals surface area contributed by atoms with Crippen molar-refractivity contribution in [3.8, 4) is 0 Å². The first-order valence-corrected chi connectivity index (χ1v) is 10.1. The summed E-state index contributed by atoms with van der Waals surface area (Å²) < 4.78 is 54.5. The minimum atomic E-state index is -3.80. The van der Waals surface area contributed by atoms with Crippen LogP contribution in [0.15, 0.2) is 30.5 Å². The van der Waals surface area contributed by atoms with Crippen LogP contribution < -0.4 is 10.0 Å². The summed E-state index contributed by atoms with van der Waals surface area (Å²) in [6.07, 6.45) is 1.67. The topological polar surface area (TPSA) is 104 Å². The molecule has 0 fully saturated rings. The van der Waals surface area contributed by atoms with Gasteiger partial charge in [0.05, 0.1) is 23.3 Å². The minimum absolute atomic E-state index is 0.229. The van der Waals surface area contributed by atoms with Gasteiger partial charge in [-0.2, -0.15) is 0 Å². The van der Waals surface area contributed by atoms with Gasteiger partial charge in [-0.3, -0.25) is 9.52 Å². The summed E-state index contributed by atoms with van der Waals surface area (Å²) in [5, 5.41) is 3.10. The fraction of sp³-hybridized carbons (Fsp3) is 0.222. The highest BCUT2D eigenvalue weighted by molar-refractivity contribution is 7.92. The van der Waals surface area contributed by atoms with Crippen LogP contribution in [0.3, 0.4) is 0 Å². The van der Waals surface area contributed by atoms with Crippen LogP contribution in [0.1, 0.15) is 29.4 Å². The number of aromatic nitrogens is 2. The molecule has 28 heavy (non-hydrogen) atoms. The van der Waals surface area contributed by atoms with Crippen molar-refractivity contribution in [3.63, 3.8) is 0 Å². The second-order valence-electron chi connectivity index (χ2n) is 6.27. The molecule has 3 N–H and O–H groups in total. The maximum absolute atomic E-state index is 14.7. The minimum Gasteiger partial charge on any atom is -0.344 e. The number of H-pyrrole nitrogens is 1. The first kappa shape index (κ1) is 19.7. The molecule has 3 rings (SSSR count). The van der Waals surface area contributed by atoms with E-state index in [-0.39, 0.29) is 11.4 Å². The Morgan fingerprint density at radius 2 is 2.00 bits per heavy atom. The quantitative estimate of drug-likeness (QED) is 0.580. The van der Waals surface area contributed by atoms with Gasteiger partial charge in [-0.05, 0) is 37.6 Å². The van der Waals surface area contributed by atoms with Crippen LogP contribution in [0.5, 0.6) is 0 Å². The Morgan fingerprint density at radius 1 is 1.25 bits per heavy atom. The lowest BCUT2D eigenvalue weighted by atomic mass is 10.1. The standard InChI is InChI=1S/C18H18F2N4O3S/c1-3-6-28(26,27)24-14-5-4-13(19)15(16(14)20)18(25)23-12-8-11-7-10(2)22-17(11)21-9-12/h4-5,7-9,24H,3,6H2,1-2H3,(H,21,22)(H,23,25). The van der Waals surface area contributed by atoms with Gasteiger partial charge in [0.1, 0.15) is 17.0 Å². The molecule has 0 aliphatic carbocycles. The van der Waals surface area contributed by atoms with Crippen LogP contribution in [0.4, 0.5) is 20.2 Å². The largest absolute Gasteiger partial charge is 0.344 e. The van der Waals surface area contributed by atoms with Crippen LogP contribution in [-0.4, -0.2) is 30.0 Å². The number of amides is 1. The average Bonchev–Trinajstić information content (AvgIpc) is 2.96. The molecule has 0 aliphatic heterocycles. The van der Waals surface area contributed by atoms with E-state index in [4.69, 9.17) is 0 Å². The number of rotatable bonds is 6. The Labute approximate surface area is 160 Å². The average molecular weight is 408 g/mol. The van der Waals surface area contributed by atoms with E-state index in [0.717, 1.165) is 23.2 Å². The highest BCUT2D eigenvalue weighted by Gasteiger charge is 2.23. The first-order chi connectivity index (χ1) is 13.2. The van der Waals surface area contributed by atoms with Crippen LogP contribution in [0, 0.1) is 18.6 Å². The van der Waals surface area contributed by atoms with Crippen molar-refractivity contribution in [2.24, 2.45) is 0 Å². The number of anilines is 2. The number of aromatic amines is 1. The lowest BCUT2D eigenvalue weighted by molar-refractivity contribution is 0.101. The summed E-state index contributed by atoms with van der Waals surface area (Å²) in [5.74, 6) is -3.68. The van der Waals surface area contributed by atoms with Crippen molar-refractivity contribution < 1.29 is 22.0 Å². The van der Waals surface area contributed by atoms with E-state index in [2.05, 4.69) is 15.3 Å². The van der Waals surface area contributed by atoms with Crippen LogP contribution in [0.2, 0.25) is 0 Å². The predicted octanol–water partition coefficient (Wildman–Crippen LogP) is 3.55. The number of nitrogens with zero attached hydrogens (tertiary/aromatic N) is 1. The number of aryl methyl sites for hydroxylation is 1. The van der Waals surface area contributed by atoms with Gasteiger partial charge in [-0.15, -0.1) is 0 Å². The van der Waals surface area contributed by atoms with E-state index in [1.807, 2.05) is 17.7 Å². The number of pyridine rings is 1. The monoisotopic (exact) mass is 408 g/mol. The lowest BCUT2D eigenvalue weighted by Crippen LogP contribution is -2.20. The van der Waals surface area contributed by atoms with E-state index in [0.29, 0.717) is 12.1 Å². The van der Waals surface area contributed by atoms with Gasteiger partial charge >= 0.3 is 0 Å². The Morgan fingerprint density at radius 3 is 2.71 bits per heavy atom. The number of halogens is 2. The molecule has 0 aliphatic rings. The van der Waals surface area contributed by atoms with Crippen molar-refractivity contribution in [1.82, 2.24) is 9.97 Å². The maximum Gasteiger partial charge on any atom is 0.261 e. The molecule has 0 unspecified atom stereocenters. The van der Waals surface area contributed by atoms with E-state index < -0.39 is 38.8 Å². The molecule has 0 saturated heterocycles. The molecule has 148 valence electrons. The van der Waals surface area contributed by atoms with Crippen LogP contribution >= 0.6 is 0 Å². The summed E-state index contributed by atoms with van der Waals surface area (Å²) in [6, 6.07) is 5.18. The number of nitrogens with one attached hydrogen (secondary N) is 3. The molecule has 2 heterocycles. The van der Waals surface area contributed by atoms with E-state index in [1.54, 1.807) is 13.0 Å². The molecule has 3 aromatic rings. The summed E-state index contributed by atoms with van der Waals surface area (Å²) in [4.78, 5) is 19.6. The molecule has 1 amide bonds. The summed E-state index contributed by atoms with van der Waals surface area (Å²) in [7, 11) is -3.80. The summed E-state index contributed by atoms with van der Waals surface area (Å²) in [5.41, 5.74) is 0.347. The molecule has 0 radical (unpaired) electrons. The van der Waals surface area contributed by atoms with E-state index in [9.17, 15) is 22.0 Å². The number of hydrogen-bond acceptors (Lipinski definition) is 4. The molecular formula is C18H18F2N4O3S. The Kier molecular flexibility index (Phi) is 5.32. The number of sulfonamides is 1. The second kappa shape index (κ2) is 7.55. The molecule has 0 saturated carbocycles. The number of fused-ring (bicyclic) bond motifs is 1. The van der Waals surface area contributed by atoms with Gasteiger partial charge in [-0.1, -0.05) is 6.92 Å². The van der Waals surface area contributed by atoms with Crippen LogP contribution in [0.25, 0.3) is 11.0 Å². The van der Waals surface area contributed by atoms with Gasteiger partial charge in [0.2, 0.25) is 10.0 Å². The third-order valence-corrected chi connectivity index (χ3v) is 5.40. The van der Waals surface area contributed by atoms with Crippen molar-refractivity contribution >= 4 is 38.3 Å². The Bertz CT molecular complexity index is 1160. The highest BCUT2D eigenvalue weighted by Crippen LogP contribution is 2.24. The molecule has 7 nitrogen and oxygen atoms in total. The lowest BCUT2D eigenvalue weighted by Gasteiger charge is -2.12. The Balaban J connectivity index is 1.90. The van der Waals surface area contributed by atoms with Gasteiger partial charge < -0.3 is 10.3 Å². The first-order valence-electron chi connectivity index (χ1n) is 8.45. The van der Waals surface area contributed by atoms with Crippen molar-refractivity contribution in [2.45, 2.75) is 20.3 Å². The van der Waals surface area contributed by atoms with Crippen molar-refractivity contribution in [3.05, 3.63) is 53.4 Å².